The van der Waals surface area contributed by atoms with Crippen LogP contribution in [-0.4, -0.2) is 5.97 Å². The summed E-state index contributed by atoms with van der Waals surface area (Å²) in [6.07, 6.45) is 5.48. The molecule has 1 rings (SSSR count). The fourth-order valence-corrected chi connectivity index (χ4v) is 1.95. The molecule has 0 saturated carbocycles. The molecule has 1 unspecified atom stereocenters. The van der Waals surface area contributed by atoms with Gasteiger partial charge in [-0.3, -0.25) is 4.79 Å². The number of esters is 1. The summed E-state index contributed by atoms with van der Waals surface area (Å²) in [6.45, 7) is 2.31. The monoisotopic (exact) mass is 273 g/mol. The van der Waals surface area contributed by atoms with E-state index >= 15 is 0 Å². The van der Waals surface area contributed by atoms with Gasteiger partial charge in [-0.2, -0.15) is 5.26 Å². The van der Waals surface area contributed by atoms with E-state index in [4.69, 9.17) is 10.00 Å². The van der Waals surface area contributed by atoms with Crippen LogP contribution in [-0.2, 0) is 16.1 Å². The van der Waals surface area contributed by atoms with Crippen molar-refractivity contribution >= 4 is 5.97 Å². The Morgan fingerprint density at radius 2 is 1.90 bits per heavy atom. The summed E-state index contributed by atoms with van der Waals surface area (Å²) in [5.41, 5.74) is 1.02. The fourth-order valence-electron chi connectivity index (χ4n) is 1.95. The van der Waals surface area contributed by atoms with Crippen LogP contribution in [0, 0.1) is 17.2 Å². The average Bonchev–Trinajstić information content (AvgIpc) is 2.49. The number of carbonyl (C=O) groups excluding carboxylic acids is 1. The molecular formula is C17H23NO2. The van der Waals surface area contributed by atoms with Crippen LogP contribution in [0.1, 0.15) is 51.0 Å². The first-order chi connectivity index (χ1) is 9.72. The van der Waals surface area contributed by atoms with Gasteiger partial charge in [0, 0.05) is 12.3 Å². The zero-order valence-corrected chi connectivity index (χ0v) is 12.2. The number of rotatable bonds is 9. The van der Waals surface area contributed by atoms with Crippen LogP contribution in [0.5, 0.6) is 0 Å². The van der Waals surface area contributed by atoms with Crippen molar-refractivity contribution < 1.29 is 9.53 Å². The maximum Gasteiger partial charge on any atom is 0.306 e. The summed E-state index contributed by atoms with van der Waals surface area (Å²) >= 11 is 0. The second-order valence-electron chi connectivity index (χ2n) is 5.13. The third-order valence-electron chi connectivity index (χ3n) is 3.23. The first kappa shape index (κ1) is 16.2. The SMILES string of the molecule is CC(C#N)CCCCCCC(=O)OCc1ccccc1. The van der Waals surface area contributed by atoms with E-state index in [-0.39, 0.29) is 11.9 Å². The van der Waals surface area contributed by atoms with Crippen LogP contribution in [0.2, 0.25) is 0 Å². The molecule has 20 heavy (non-hydrogen) atoms. The molecule has 108 valence electrons. The van der Waals surface area contributed by atoms with E-state index in [1.165, 1.54) is 0 Å². The number of nitriles is 1. The highest BCUT2D eigenvalue weighted by atomic mass is 16.5. The first-order valence-corrected chi connectivity index (χ1v) is 7.31. The summed E-state index contributed by atoms with van der Waals surface area (Å²) in [7, 11) is 0. The molecule has 0 aromatic heterocycles. The lowest BCUT2D eigenvalue weighted by molar-refractivity contribution is -0.145. The van der Waals surface area contributed by atoms with Gasteiger partial charge in [0.05, 0.1) is 6.07 Å². The Hall–Kier alpha value is -1.82. The molecule has 0 spiro atoms. The van der Waals surface area contributed by atoms with Crippen LogP contribution in [0.15, 0.2) is 30.3 Å². The van der Waals surface area contributed by atoms with Gasteiger partial charge in [-0.1, -0.05) is 49.6 Å². The number of nitrogens with zero attached hydrogens (tertiary/aromatic N) is 1. The highest BCUT2D eigenvalue weighted by Gasteiger charge is 2.04. The van der Waals surface area contributed by atoms with Gasteiger partial charge in [0.25, 0.3) is 0 Å². The lowest BCUT2D eigenvalue weighted by Crippen LogP contribution is -2.04. The molecule has 0 aliphatic rings. The van der Waals surface area contributed by atoms with E-state index in [2.05, 4.69) is 6.07 Å². The summed E-state index contributed by atoms with van der Waals surface area (Å²) in [5, 5.41) is 8.65. The molecule has 3 nitrogen and oxygen atoms in total. The van der Waals surface area contributed by atoms with Crippen molar-refractivity contribution in [2.75, 3.05) is 0 Å². The Morgan fingerprint density at radius 3 is 2.60 bits per heavy atom. The molecule has 3 heteroatoms. The largest absolute Gasteiger partial charge is 0.461 e. The Kier molecular flexibility index (Phi) is 8.14. The van der Waals surface area contributed by atoms with E-state index < -0.39 is 0 Å². The minimum atomic E-state index is -0.126. The number of ether oxygens (including phenoxy) is 1. The Morgan fingerprint density at radius 1 is 1.20 bits per heavy atom. The number of hydrogen-bond donors (Lipinski definition) is 0. The molecule has 0 amide bonds. The summed E-state index contributed by atoms with van der Waals surface area (Å²) in [4.78, 5) is 11.5. The molecule has 0 saturated heterocycles. The fraction of sp³-hybridized carbons (Fsp3) is 0.529. The number of unbranched alkanes of at least 4 members (excludes halogenated alkanes) is 3. The molecule has 0 bridgehead atoms. The molecule has 0 heterocycles. The van der Waals surface area contributed by atoms with E-state index in [0.717, 1.165) is 37.7 Å². The zero-order chi connectivity index (χ0) is 14.6. The van der Waals surface area contributed by atoms with Crippen molar-refractivity contribution in [3.8, 4) is 6.07 Å². The number of carbonyl (C=O) groups is 1. The maximum atomic E-state index is 11.5. The van der Waals surface area contributed by atoms with Gasteiger partial charge in [-0.05, 0) is 25.3 Å². The van der Waals surface area contributed by atoms with Gasteiger partial charge in [0.2, 0.25) is 0 Å². The highest BCUT2D eigenvalue weighted by molar-refractivity contribution is 5.69. The first-order valence-electron chi connectivity index (χ1n) is 7.31. The summed E-state index contributed by atoms with van der Waals surface area (Å²) in [6, 6.07) is 11.9. The Labute approximate surface area is 121 Å². The summed E-state index contributed by atoms with van der Waals surface area (Å²) < 4.78 is 5.21. The van der Waals surface area contributed by atoms with Crippen molar-refractivity contribution in [1.82, 2.24) is 0 Å². The van der Waals surface area contributed by atoms with Crippen LogP contribution < -0.4 is 0 Å². The molecule has 1 aromatic carbocycles. The van der Waals surface area contributed by atoms with Gasteiger partial charge in [0.15, 0.2) is 0 Å². The minimum Gasteiger partial charge on any atom is -0.461 e. The standard InChI is InChI=1S/C17H23NO2/c1-15(13-18)9-5-2-3-8-12-17(19)20-14-16-10-6-4-7-11-16/h4,6-7,10-11,15H,2-3,5,8-9,12,14H2,1H3. The number of benzene rings is 1. The topological polar surface area (TPSA) is 50.1 Å². The summed E-state index contributed by atoms with van der Waals surface area (Å²) in [5.74, 6) is 0.0186. The average molecular weight is 273 g/mol. The molecule has 0 fully saturated rings. The van der Waals surface area contributed by atoms with Crippen molar-refractivity contribution in [2.45, 2.75) is 52.1 Å². The van der Waals surface area contributed by atoms with Crippen LogP contribution in [0.25, 0.3) is 0 Å². The van der Waals surface area contributed by atoms with Crippen LogP contribution >= 0.6 is 0 Å². The van der Waals surface area contributed by atoms with Gasteiger partial charge >= 0.3 is 5.97 Å². The molecular weight excluding hydrogens is 250 g/mol. The smallest absolute Gasteiger partial charge is 0.306 e. The molecule has 0 aliphatic heterocycles. The predicted octanol–water partition coefficient (Wildman–Crippen LogP) is 4.23. The second-order valence-corrected chi connectivity index (χ2v) is 5.13. The van der Waals surface area contributed by atoms with Crippen molar-refractivity contribution in [3.05, 3.63) is 35.9 Å². The predicted molar refractivity (Wildman–Crippen MR) is 78.7 cm³/mol. The lowest BCUT2D eigenvalue weighted by atomic mass is 10.0. The van der Waals surface area contributed by atoms with Gasteiger partial charge < -0.3 is 4.74 Å². The van der Waals surface area contributed by atoms with Gasteiger partial charge in [-0.25, -0.2) is 0 Å². The lowest BCUT2D eigenvalue weighted by Gasteiger charge is -2.05. The van der Waals surface area contributed by atoms with Gasteiger partial charge in [0.1, 0.15) is 6.61 Å². The maximum absolute atomic E-state index is 11.5. The second kappa shape index (κ2) is 10.0. The molecule has 1 aromatic rings. The van der Waals surface area contributed by atoms with E-state index in [1.807, 2.05) is 37.3 Å². The molecule has 0 N–H and O–H groups in total. The molecule has 0 radical (unpaired) electrons. The van der Waals surface area contributed by atoms with Crippen LogP contribution in [0.3, 0.4) is 0 Å². The minimum absolute atomic E-state index is 0.126. The van der Waals surface area contributed by atoms with Crippen molar-refractivity contribution in [1.29, 1.82) is 5.26 Å². The quantitative estimate of drug-likeness (QED) is 0.499. The van der Waals surface area contributed by atoms with E-state index in [1.54, 1.807) is 0 Å². The van der Waals surface area contributed by atoms with Crippen LogP contribution in [0.4, 0.5) is 0 Å². The zero-order valence-electron chi connectivity index (χ0n) is 12.2. The third kappa shape index (κ3) is 7.58. The highest BCUT2D eigenvalue weighted by Crippen LogP contribution is 2.11. The van der Waals surface area contributed by atoms with E-state index in [9.17, 15) is 4.79 Å². The molecule has 1 atom stereocenters. The molecule has 0 aliphatic carbocycles. The van der Waals surface area contributed by atoms with Gasteiger partial charge in [-0.15, -0.1) is 0 Å². The Balaban J connectivity index is 1.99. The normalized spacial score (nSPS) is 11.6. The Bertz CT molecular complexity index is 422. The van der Waals surface area contributed by atoms with Crippen molar-refractivity contribution in [3.63, 3.8) is 0 Å². The van der Waals surface area contributed by atoms with Crippen molar-refractivity contribution in [2.24, 2.45) is 5.92 Å². The van der Waals surface area contributed by atoms with E-state index in [0.29, 0.717) is 13.0 Å². The third-order valence-corrected chi connectivity index (χ3v) is 3.23. The number of hydrogen-bond acceptors (Lipinski definition) is 3.